The minimum atomic E-state index is -0.199. The normalized spacial score (nSPS) is 23.1. The molecule has 1 aromatic rings. The fraction of sp³-hybridized carbons (Fsp3) is 0.500. The highest BCUT2D eigenvalue weighted by atomic mass is 35.5. The Hall–Kier alpha value is -1.26. The van der Waals surface area contributed by atoms with Crippen LogP contribution in [0.25, 0.3) is 0 Å². The summed E-state index contributed by atoms with van der Waals surface area (Å²) in [6.45, 7) is 0.112. The second-order valence-electron chi connectivity index (χ2n) is 5.05. The molecule has 1 fully saturated rings. The van der Waals surface area contributed by atoms with Crippen molar-refractivity contribution in [1.29, 1.82) is 0 Å². The Balaban J connectivity index is 2.07. The number of anilines is 1. The van der Waals surface area contributed by atoms with E-state index in [4.69, 9.17) is 17.3 Å². The third-order valence-electron chi connectivity index (χ3n) is 3.70. The van der Waals surface area contributed by atoms with Crippen molar-refractivity contribution in [2.24, 2.45) is 5.92 Å². The van der Waals surface area contributed by atoms with E-state index in [2.05, 4.69) is 5.32 Å². The summed E-state index contributed by atoms with van der Waals surface area (Å²) in [5, 5.41) is 12.7. The predicted molar refractivity (Wildman–Crippen MR) is 76.2 cm³/mol. The Morgan fingerprint density at radius 2 is 2.16 bits per heavy atom. The third-order valence-corrected chi connectivity index (χ3v) is 4.01. The van der Waals surface area contributed by atoms with Crippen LogP contribution in [-0.4, -0.2) is 23.7 Å². The Bertz CT molecular complexity index is 465. The van der Waals surface area contributed by atoms with Gasteiger partial charge in [0, 0.05) is 24.3 Å². The van der Waals surface area contributed by atoms with Crippen LogP contribution >= 0.6 is 11.6 Å². The first-order valence-electron chi connectivity index (χ1n) is 6.58. The van der Waals surface area contributed by atoms with Gasteiger partial charge in [0.1, 0.15) is 0 Å². The molecule has 0 bridgehead atoms. The van der Waals surface area contributed by atoms with Crippen LogP contribution in [0.15, 0.2) is 18.2 Å². The van der Waals surface area contributed by atoms with E-state index in [1.807, 2.05) is 0 Å². The molecule has 2 rings (SSSR count). The number of nitrogens with two attached hydrogens (primary N) is 1. The average Bonchev–Trinajstić information content (AvgIpc) is 2.39. The van der Waals surface area contributed by atoms with Crippen LogP contribution in [-0.2, 0) is 0 Å². The number of hydrogen-bond donors (Lipinski definition) is 3. The van der Waals surface area contributed by atoms with Gasteiger partial charge in [-0.25, -0.2) is 0 Å². The molecule has 0 spiro atoms. The van der Waals surface area contributed by atoms with Gasteiger partial charge in [0.25, 0.3) is 5.91 Å². The van der Waals surface area contributed by atoms with Gasteiger partial charge in [-0.05, 0) is 31.0 Å². The van der Waals surface area contributed by atoms with E-state index in [0.29, 0.717) is 16.3 Å². The van der Waals surface area contributed by atoms with Gasteiger partial charge >= 0.3 is 0 Å². The molecule has 1 aliphatic rings. The lowest BCUT2D eigenvalue weighted by Crippen LogP contribution is -2.43. The van der Waals surface area contributed by atoms with Gasteiger partial charge in [-0.1, -0.05) is 24.4 Å². The van der Waals surface area contributed by atoms with E-state index in [-0.39, 0.29) is 24.5 Å². The van der Waals surface area contributed by atoms with Gasteiger partial charge < -0.3 is 16.2 Å². The van der Waals surface area contributed by atoms with Crippen LogP contribution < -0.4 is 11.1 Å². The number of aliphatic hydroxyl groups is 1. The van der Waals surface area contributed by atoms with Crippen molar-refractivity contribution in [2.75, 3.05) is 12.3 Å². The maximum atomic E-state index is 12.2. The molecule has 0 radical (unpaired) electrons. The summed E-state index contributed by atoms with van der Waals surface area (Å²) < 4.78 is 0. The number of hydrogen-bond acceptors (Lipinski definition) is 3. The van der Waals surface area contributed by atoms with Crippen molar-refractivity contribution in [3.8, 4) is 0 Å². The molecular weight excluding hydrogens is 264 g/mol. The maximum absolute atomic E-state index is 12.2. The Labute approximate surface area is 117 Å². The van der Waals surface area contributed by atoms with Gasteiger partial charge in [-0.15, -0.1) is 0 Å². The number of amides is 1. The number of carbonyl (C=O) groups is 1. The van der Waals surface area contributed by atoms with Crippen molar-refractivity contribution in [3.05, 3.63) is 28.8 Å². The summed E-state index contributed by atoms with van der Waals surface area (Å²) in [5.74, 6) is -0.0550. The Morgan fingerprint density at radius 3 is 2.84 bits per heavy atom. The molecule has 1 saturated carbocycles. The topological polar surface area (TPSA) is 75.4 Å². The van der Waals surface area contributed by atoms with Gasteiger partial charge in [0.15, 0.2) is 0 Å². The minimum Gasteiger partial charge on any atom is -0.399 e. The molecule has 5 heteroatoms. The Kier molecular flexibility index (Phi) is 4.66. The second-order valence-corrected chi connectivity index (χ2v) is 5.45. The highest BCUT2D eigenvalue weighted by Crippen LogP contribution is 2.25. The van der Waals surface area contributed by atoms with Crippen molar-refractivity contribution in [3.63, 3.8) is 0 Å². The summed E-state index contributed by atoms with van der Waals surface area (Å²) in [5.41, 5.74) is 6.57. The zero-order valence-electron chi connectivity index (χ0n) is 10.7. The van der Waals surface area contributed by atoms with Crippen LogP contribution in [0.4, 0.5) is 5.69 Å². The van der Waals surface area contributed by atoms with E-state index >= 15 is 0 Å². The molecule has 0 aromatic heterocycles. The number of nitrogen functional groups attached to an aromatic ring is 1. The van der Waals surface area contributed by atoms with Gasteiger partial charge in [-0.2, -0.15) is 0 Å². The van der Waals surface area contributed by atoms with E-state index in [9.17, 15) is 9.90 Å². The first kappa shape index (κ1) is 14.2. The van der Waals surface area contributed by atoms with Crippen LogP contribution in [0.3, 0.4) is 0 Å². The van der Waals surface area contributed by atoms with E-state index in [1.54, 1.807) is 18.2 Å². The van der Waals surface area contributed by atoms with E-state index in [0.717, 1.165) is 25.7 Å². The first-order chi connectivity index (χ1) is 9.11. The quantitative estimate of drug-likeness (QED) is 0.744. The zero-order valence-corrected chi connectivity index (χ0v) is 11.5. The SMILES string of the molecule is Nc1ccc(C(=O)NC2CCCCC2CO)c(Cl)c1. The van der Waals surface area contributed by atoms with Crippen LogP contribution in [0.2, 0.25) is 5.02 Å². The van der Waals surface area contributed by atoms with Crippen LogP contribution in [0.5, 0.6) is 0 Å². The number of rotatable bonds is 3. The van der Waals surface area contributed by atoms with Crippen LogP contribution in [0, 0.1) is 5.92 Å². The molecule has 2 unspecified atom stereocenters. The zero-order chi connectivity index (χ0) is 13.8. The number of halogens is 1. The molecule has 0 aliphatic heterocycles. The monoisotopic (exact) mass is 282 g/mol. The molecule has 4 nitrogen and oxygen atoms in total. The predicted octanol–water partition coefficient (Wildman–Crippen LogP) is 2.20. The van der Waals surface area contributed by atoms with Crippen molar-refractivity contribution in [2.45, 2.75) is 31.7 Å². The molecule has 1 amide bonds. The molecule has 19 heavy (non-hydrogen) atoms. The molecular formula is C14H19ClN2O2. The molecule has 1 aliphatic carbocycles. The van der Waals surface area contributed by atoms with E-state index < -0.39 is 0 Å². The average molecular weight is 283 g/mol. The van der Waals surface area contributed by atoms with E-state index in [1.165, 1.54) is 0 Å². The second kappa shape index (κ2) is 6.26. The lowest BCUT2D eigenvalue weighted by atomic mass is 9.85. The third kappa shape index (κ3) is 3.39. The minimum absolute atomic E-state index is 0.0277. The molecule has 1 aromatic carbocycles. The van der Waals surface area contributed by atoms with Gasteiger partial charge in [0.2, 0.25) is 0 Å². The van der Waals surface area contributed by atoms with Crippen molar-refractivity contribution in [1.82, 2.24) is 5.32 Å². The summed E-state index contributed by atoms with van der Waals surface area (Å²) >= 11 is 6.02. The first-order valence-corrected chi connectivity index (χ1v) is 6.96. The lowest BCUT2D eigenvalue weighted by Gasteiger charge is -2.30. The lowest BCUT2D eigenvalue weighted by molar-refractivity contribution is 0.0873. The summed E-state index contributed by atoms with van der Waals surface area (Å²) in [4.78, 5) is 12.2. The number of carbonyl (C=O) groups excluding carboxylic acids is 1. The maximum Gasteiger partial charge on any atom is 0.253 e. The molecule has 4 N–H and O–H groups in total. The molecule has 0 saturated heterocycles. The molecule has 0 heterocycles. The number of benzene rings is 1. The smallest absolute Gasteiger partial charge is 0.253 e. The van der Waals surface area contributed by atoms with Crippen molar-refractivity contribution < 1.29 is 9.90 Å². The summed E-state index contributed by atoms with van der Waals surface area (Å²) in [7, 11) is 0. The fourth-order valence-corrected chi connectivity index (χ4v) is 2.85. The van der Waals surface area contributed by atoms with Crippen LogP contribution in [0.1, 0.15) is 36.0 Å². The molecule has 104 valence electrons. The van der Waals surface area contributed by atoms with Crippen molar-refractivity contribution >= 4 is 23.2 Å². The molecule has 2 atom stereocenters. The largest absolute Gasteiger partial charge is 0.399 e. The highest BCUT2D eigenvalue weighted by molar-refractivity contribution is 6.34. The number of nitrogens with one attached hydrogen (secondary N) is 1. The fourth-order valence-electron chi connectivity index (χ4n) is 2.58. The summed E-state index contributed by atoms with van der Waals surface area (Å²) in [6.07, 6.45) is 4.05. The standard InChI is InChI=1S/C14H19ClN2O2/c15-12-7-10(16)5-6-11(12)14(19)17-13-4-2-1-3-9(13)8-18/h5-7,9,13,18H,1-4,8,16H2,(H,17,19). The van der Waals surface area contributed by atoms with Gasteiger partial charge in [-0.3, -0.25) is 4.79 Å². The Morgan fingerprint density at radius 1 is 1.42 bits per heavy atom. The number of aliphatic hydroxyl groups excluding tert-OH is 1. The summed E-state index contributed by atoms with van der Waals surface area (Å²) in [6, 6.07) is 4.88. The van der Waals surface area contributed by atoms with Gasteiger partial charge in [0.05, 0.1) is 10.6 Å². The highest BCUT2D eigenvalue weighted by Gasteiger charge is 2.26.